The SMILES string of the molecule is CCOC(=O)OC(C)ON=[N+]([O-])N1CCC(C(=O)O)CC1. The molecule has 10 nitrogen and oxygen atoms in total. The molecule has 0 aromatic heterocycles. The first-order valence-electron chi connectivity index (χ1n) is 6.59. The van der Waals surface area contributed by atoms with E-state index in [-0.39, 0.29) is 24.7 Å². The van der Waals surface area contributed by atoms with E-state index >= 15 is 0 Å². The summed E-state index contributed by atoms with van der Waals surface area (Å²) in [4.78, 5) is 26.7. The summed E-state index contributed by atoms with van der Waals surface area (Å²) in [5.41, 5.74) is 0. The van der Waals surface area contributed by atoms with Crippen molar-refractivity contribution >= 4 is 12.1 Å². The van der Waals surface area contributed by atoms with E-state index in [1.54, 1.807) is 6.92 Å². The number of carbonyl (C=O) groups is 2. The molecule has 0 amide bonds. The fourth-order valence-corrected chi connectivity index (χ4v) is 1.75. The highest BCUT2D eigenvalue weighted by Crippen LogP contribution is 2.17. The highest BCUT2D eigenvalue weighted by atomic mass is 16.8. The van der Waals surface area contributed by atoms with Gasteiger partial charge in [-0.2, -0.15) is 0 Å². The second-order valence-electron chi connectivity index (χ2n) is 4.37. The van der Waals surface area contributed by atoms with Crippen LogP contribution in [0.4, 0.5) is 4.79 Å². The number of hydrogen-bond donors (Lipinski definition) is 1. The Kier molecular flexibility index (Phi) is 6.50. The number of hydrogen-bond acceptors (Lipinski definition) is 7. The standard InChI is InChI=1S/C11H19N3O7/c1-3-19-11(17)20-8(2)21-12-14(18)13-6-4-9(5-7-13)10(15)16/h8-9H,3-7H2,1-2H3,(H,15,16). The highest BCUT2D eigenvalue weighted by molar-refractivity contribution is 5.70. The Bertz CT molecular complexity index is 393. The summed E-state index contributed by atoms with van der Waals surface area (Å²) in [5, 5.41) is 25.0. The minimum atomic E-state index is -1.07. The van der Waals surface area contributed by atoms with Gasteiger partial charge in [0.1, 0.15) is 0 Å². The summed E-state index contributed by atoms with van der Waals surface area (Å²) in [6.45, 7) is 3.69. The summed E-state index contributed by atoms with van der Waals surface area (Å²) >= 11 is 0. The molecule has 0 spiro atoms. The maximum absolute atomic E-state index is 11.6. The second kappa shape index (κ2) is 8.12. The van der Waals surface area contributed by atoms with Gasteiger partial charge in [0, 0.05) is 6.92 Å². The van der Waals surface area contributed by atoms with Crippen molar-refractivity contribution in [2.45, 2.75) is 33.0 Å². The van der Waals surface area contributed by atoms with Gasteiger partial charge < -0.3 is 19.8 Å². The summed E-state index contributed by atoms with van der Waals surface area (Å²) in [7, 11) is 0. The second-order valence-corrected chi connectivity index (χ2v) is 4.37. The van der Waals surface area contributed by atoms with Crippen LogP contribution in [0.1, 0.15) is 26.7 Å². The van der Waals surface area contributed by atoms with E-state index < -0.39 is 24.3 Å². The zero-order chi connectivity index (χ0) is 15.8. The van der Waals surface area contributed by atoms with E-state index in [1.807, 2.05) is 0 Å². The first-order chi connectivity index (χ1) is 9.93. The van der Waals surface area contributed by atoms with Crippen molar-refractivity contribution in [3.05, 3.63) is 5.21 Å². The third-order valence-electron chi connectivity index (χ3n) is 2.85. The van der Waals surface area contributed by atoms with Crippen molar-refractivity contribution < 1.29 is 34.0 Å². The highest BCUT2D eigenvalue weighted by Gasteiger charge is 2.28. The molecule has 0 saturated carbocycles. The van der Waals surface area contributed by atoms with Gasteiger partial charge in [0.25, 0.3) is 6.29 Å². The summed E-state index contributed by atoms with van der Waals surface area (Å²) in [6, 6.07) is 0. The third kappa shape index (κ3) is 5.71. The summed E-state index contributed by atoms with van der Waals surface area (Å²) < 4.78 is 9.17. The molecule has 21 heavy (non-hydrogen) atoms. The molecule has 1 atom stereocenters. The first-order valence-corrected chi connectivity index (χ1v) is 6.59. The summed E-state index contributed by atoms with van der Waals surface area (Å²) in [5.74, 6) is -1.31. The molecule has 1 rings (SSSR count). The Morgan fingerprint density at radius 2 is 2.10 bits per heavy atom. The normalized spacial score (nSPS) is 18.0. The van der Waals surface area contributed by atoms with Crippen molar-refractivity contribution in [3.8, 4) is 0 Å². The topological polar surface area (TPSA) is 124 Å². The van der Waals surface area contributed by atoms with Gasteiger partial charge in [-0.25, -0.2) is 4.79 Å². The van der Waals surface area contributed by atoms with Crippen molar-refractivity contribution in [1.82, 2.24) is 5.01 Å². The molecule has 0 radical (unpaired) electrons. The molecular weight excluding hydrogens is 286 g/mol. The molecule has 1 fully saturated rings. The van der Waals surface area contributed by atoms with Gasteiger partial charge in [0.2, 0.25) is 5.28 Å². The van der Waals surface area contributed by atoms with Crippen LogP contribution in [0.25, 0.3) is 0 Å². The summed E-state index contributed by atoms with van der Waals surface area (Å²) in [6.07, 6.45) is -1.27. The van der Waals surface area contributed by atoms with Gasteiger partial charge in [0.05, 0.1) is 30.6 Å². The van der Waals surface area contributed by atoms with Crippen LogP contribution in [-0.2, 0) is 19.1 Å². The van der Waals surface area contributed by atoms with Crippen LogP contribution < -0.4 is 0 Å². The van der Waals surface area contributed by atoms with Crippen molar-refractivity contribution in [1.29, 1.82) is 0 Å². The molecule has 1 N–H and O–H groups in total. The molecule has 0 bridgehead atoms. The number of nitrogens with zero attached hydrogens (tertiary/aromatic N) is 3. The van der Waals surface area contributed by atoms with E-state index in [1.165, 1.54) is 11.9 Å². The lowest BCUT2D eigenvalue weighted by atomic mass is 9.98. The quantitative estimate of drug-likeness (QED) is 0.254. The van der Waals surface area contributed by atoms with E-state index in [2.05, 4.69) is 14.8 Å². The largest absolute Gasteiger partial charge is 0.569 e. The average Bonchev–Trinajstić information content (AvgIpc) is 2.45. The molecular formula is C11H19N3O7. The van der Waals surface area contributed by atoms with Crippen molar-refractivity contribution in [3.63, 3.8) is 0 Å². The van der Waals surface area contributed by atoms with Crippen LogP contribution in [0.5, 0.6) is 0 Å². The fraction of sp³-hybridized carbons (Fsp3) is 0.818. The maximum atomic E-state index is 11.6. The lowest BCUT2D eigenvalue weighted by molar-refractivity contribution is -0.715. The molecule has 120 valence electrons. The molecule has 0 aromatic rings. The van der Waals surface area contributed by atoms with Gasteiger partial charge in [-0.3, -0.25) is 9.63 Å². The molecule has 1 heterocycles. The number of hydrazine groups is 1. The maximum Gasteiger partial charge on any atom is 0.511 e. The number of ether oxygens (including phenoxy) is 2. The van der Waals surface area contributed by atoms with Gasteiger partial charge in [-0.1, -0.05) is 0 Å². The van der Waals surface area contributed by atoms with Crippen LogP contribution in [0.3, 0.4) is 0 Å². The monoisotopic (exact) mass is 305 g/mol. The molecule has 1 aliphatic rings. The molecule has 1 saturated heterocycles. The first kappa shape index (κ1) is 16.8. The number of carbonyl (C=O) groups excluding carboxylic acids is 1. The number of rotatable bonds is 6. The minimum Gasteiger partial charge on any atom is -0.569 e. The molecule has 0 aliphatic carbocycles. The lowest BCUT2D eigenvalue weighted by Gasteiger charge is -2.25. The fourth-order valence-electron chi connectivity index (χ4n) is 1.75. The number of piperidine rings is 1. The average molecular weight is 305 g/mol. The van der Waals surface area contributed by atoms with Crippen molar-refractivity contribution in [2.24, 2.45) is 11.2 Å². The van der Waals surface area contributed by atoms with Crippen LogP contribution in [0, 0.1) is 11.1 Å². The van der Waals surface area contributed by atoms with Gasteiger partial charge >= 0.3 is 12.1 Å². The molecule has 1 aliphatic heterocycles. The zero-order valence-corrected chi connectivity index (χ0v) is 11.9. The van der Waals surface area contributed by atoms with E-state index in [0.29, 0.717) is 12.8 Å². The number of carboxylic acids is 1. The van der Waals surface area contributed by atoms with E-state index in [0.717, 1.165) is 0 Å². The number of carboxylic acid groups (broad SMARTS) is 1. The predicted octanol–water partition coefficient (Wildman–Crippen LogP) is 1.11. The predicted molar refractivity (Wildman–Crippen MR) is 66.6 cm³/mol. The minimum absolute atomic E-state index is 0.162. The molecule has 1 unspecified atom stereocenters. The smallest absolute Gasteiger partial charge is 0.511 e. The van der Waals surface area contributed by atoms with Crippen LogP contribution >= 0.6 is 0 Å². The zero-order valence-electron chi connectivity index (χ0n) is 11.9. The van der Waals surface area contributed by atoms with E-state index in [4.69, 9.17) is 9.94 Å². The Hall–Kier alpha value is -2.26. The van der Waals surface area contributed by atoms with Crippen LogP contribution in [0.2, 0.25) is 0 Å². The van der Waals surface area contributed by atoms with E-state index in [9.17, 15) is 14.8 Å². The van der Waals surface area contributed by atoms with Gasteiger partial charge in [0.15, 0.2) is 0 Å². The Morgan fingerprint density at radius 3 is 2.62 bits per heavy atom. The number of aliphatic carboxylic acids is 1. The Labute approximate surface area is 121 Å². The van der Waals surface area contributed by atoms with Gasteiger partial charge in [-0.05, 0) is 19.8 Å². The lowest BCUT2D eigenvalue weighted by Crippen LogP contribution is -2.40. The molecule has 10 heteroatoms. The molecule has 0 aromatic carbocycles. The Morgan fingerprint density at radius 1 is 1.48 bits per heavy atom. The Balaban J connectivity index is 2.36. The van der Waals surface area contributed by atoms with Crippen LogP contribution in [0.15, 0.2) is 5.28 Å². The van der Waals surface area contributed by atoms with Gasteiger partial charge in [-0.15, -0.1) is 5.01 Å². The third-order valence-corrected chi connectivity index (χ3v) is 2.85. The van der Waals surface area contributed by atoms with Crippen LogP contribution in [-0.4, -0.2) is 53.2 Å². The van der Waals surface area contributed by atoms with Crippen molar-refractivity contribution in [2.75, 3.05) is 19.7 Å².